The monoisotopic (exact) mass is 219 g/mol. The lowest BCUT2D eigenvalue weighted by Gasteiger charge is -2.03. The average Bonchev–Trinajstić information content (AvgIpc) is 2.65. The molecular weight excluding hydrogens is 214 g/mol. The maximum atomic E-state index is 11.3. The quantitative estimate of drug-likeness (QED) is 0.794. The van der Waals surface area contributed by atoms with E-state index in [4.69, 9.17) is 16.9 Å². The first-order valence-electron chi connectivity index (χ1n) is 4.18. The Bertz CT molecular complexity index is 591. The molecule has 1 aromatic carbocycles. The van der Waals surface area contributed by atoms with Crippen molar-refractivity contribution in [2.45, 2.75) is 0 Å². The van der Waals surface area contributed by atoms with E-state index >= 15 is 0 Å². The number of nitrogens with zero attached hydrogens (tertiary/aromatic N) is 2. The van der Waals surface area contributed by atoms with E-state index in [0.29, 0.717) is 16.3 Å². The fraction of sp³-hybridized carbons (Fsp3) is 0. The molecule has 0 radical (unpaired) electrons. The molecule has 4 nitrogen and oxygen atoms in total. The smallest absolute Gasteiger partial charge is 0.312 e. The second-order valence-corrected chi connectivity index (χ2v) is 3.32. The van der Waals surface area contributed by atoms with Gasteiger partial charge in [0.2, 0.25) is 0 Å². The van der Waals surface area contributed by atoms with E-state index in [9.17, 15) is 4.79 Å². The Balaban J connectivity index is 2.68. The zero-order valence-corrected chi connectivity index (χ0v) is 8.32. The van der Waals surface area contributed by atoms with Crippen molar-refractivity contribution >= 4 is 11.6 Å². The minimum absolute atomic E-state index is 0.285. The summed E-state index contributed by atoms with van der Waals surface area (Å²) in [6, 6.07) is 6.75. The Morgan fingerprint density at radius 1 is 1.47 bits per heavy atom. The van der Waals surface area contributed by atoms with Crippen LogP contribution < -0.4 is 5.69 Å². The summed E-state index contributed by atoms with van der Waals surface area (Å²) in [6.07, 6.45) is 3.07. The number of aromatic nitrogens is 2. The van der Waals surface area contributed by atoms with Gasteiger partial charge in [0.1, 0.15) is 0 Å². The van der Waals surface area contributed by atoms with Crippen molar-refractivity contribution in [3.63, 3.8) is 0 Å². The van der Waals surface area contributed by atoms with E-state index < -0.39 is 0 Å². The van der Waals surface area contributed by atoms with Gasteiger partial charge in [-0.2, -0.15) is 5.26 Å². The molecule has 0 aliphatic carbocycles. The highest BCUT2D eigenvalue weighted by Gasteiger charge is 2.06. The maximum Gasteiger partial charge on any atom is 0.330 e. The highest BCUT2D eigenvalue weighted by Crippen LogP contribution is 2.20. The molecule has 15 heavy (non-hydrogen) atoms. The summed E-state index contributed by atoms with van der Waals surface area (Å²) >= 11 is 5.93. The second-order valence-electron chi connectivity index (χ2n) is 2.91. The molecule has 0 aliphatic heterocycles. The minimum atomic E-state index is -0.285. The number of nitrogens with one attached hydrogen (secondary N) is 1. The molecule has 2 aromatic rings. The number of halogens is 1. The molecule has 1 N–H and O–H groups in total. The standard InChI is InChI=1S/C10H6ClN3O/c11-8-2-1-7(6-12)5-9(8)14-4-3-13-10(14)15/h1-5H,(H,13,15). The average molecular weight is 220 g/mol. The van der Waals surface area contributed by atoms with E-state index in [2.05, 4.69) is 4.98 Å². The van der Waals surface area contributed by atoms with Crippen molar-refractivity contribution in [1.29, 1.82) is 5.26 Å². The highest BCUT2D eigenvalue weighted by atomic mass is 35.5. The van der Waals surface area contributed by atoms with E-state index in [1.54, 1.807) is 24.4 Å². The van der Waals surface area contributed by atoms with Gasteiger partial charge in [-0.3, -0.25) is 4.57 Å². The summed E-state index contributed by atoms with van der Waals surface area (Å²) in [5.41, 5.74) is 0.677. The molecule has 0 aliphatic rings. The van der Waals surface area contributed by atoms with E-state index in [-0.39, 0.29) is 5.69 Å². The van der Waals surface area contributed by atoms with Gasteiger partial charge in [0.05, 0.1) is 22.3 Å². The molecule has 1 aromatic heterocycles. The molecule has 0 atom stereocenters. The number of H-pyrrole nitrogens is 1. The van der Waals surface area contributed by atoms with Crippen LogP contribution in [0.2, 0.25) is 5.02 Å². The summed E-state index contributed by atoms with van der Waals surface area (Å²) in [4.78, 5) is 13.8. The predicted octanol–water partition coefficient (Wildman–Crippen LogP) is 1.69. The first-order valence-corrected chi connectivity index (χ1v) is 4.56. The Morgan fingerprint density at radius 2 is 2.27 bits per heavy atom. The highest BCUT2D eigenvalue weighted by molar-refractivity contribution is 6.32. The molecule has 0 saturated heterocycles. The fourth-order valence-electron chi connectivity index (χ4n) is 1.28. The molecule has 1 heterocycles. The fourth-order valence-corrected chi connectivity index (χ4v) is 1.49. The summed E-state index contributed by atoms with van der Waals surface area (Å²) in [5, 5.41) is 9.16. The zero-order chi connectivity index (χ0) is 10.8. The first-order chi connectivity index (χ1) is 7.22. The molecule has 0 amide bonds. The third-order valence-corrected chi connectivity index (χ3v) is 2.30. The van der Waals surface area contributed by atoms with Crippen molar-refractivity contribution in [3.8, 4) is 11.8 Å². The van der Waals surface area contributed by atoms with E-state index in [1.807, 2.05) is 6.07 Å². The summed E-state index contributed by atoms with van der Waals surface area (Å²) < 4.78 is 1.35. The Hall–Kier alpha value is -1.99. The summed E-state index contributed by atoms with van der Waals surface area (Å²) in [6.45, 7) is 0. The van der Waals surface area contributed by atoms with Gasteiger partial charge < -0.3 is 4.98 Å². The number of hydrogen-bond donors (Lipinski definition) is 1. The SMILES string of the molecule is N#Cc1ccc(Cl)c(-n2cc[nH]c2=O)c1. The van der Waals surface area contributed by atoms with Crippen LogP contribution in [0.1, 0.15) is 5.56 Å². The largest absolute Gasteiger partial charge is 0.330 e. The molecule has 0 spiro atoms. The van der Waals surface area contributed by atoms with Crippen LogP contribution in [0, 0.1) is 11.3 Å². The van der Waals surface area contributed by atoms with Gasteiger partial charge in [0, 0.05) is 12.4 Å². The number of nitriles is 1. The van der Waals surface area contributed by atoms with Crippen molar-refractivity contribution in [2.24, 2.45) is 0 Å². The summed E-state index contributed by atoms with van der Waals surface area (Å²) in [5.74, 6) is 0. The van der Waals surface area contributed by atoms with Gasteiger partial charge in [-0.15, -0.1) is 0 Å². The molecule has 0 unspecified atom stereocenters. The van der Waals surface area contributed by atoms with E-state index in [1.165, 1.54) is 10.8 Å². The van der Waals surface area contributed by atoms with Gasteiger partial charge in [-0.05, 0) is 18.2 Å². The first kappa shape index (κ1) is 9.56. The number of rotatable bonds is 1. The number of aromatic amines is 1. The predicted molar refractivity (Wildman–Crippen MR) is 56.1 cm³/mol. The zero-order valence-electron chi connectivity index (χ0n) is 7.57. The lowest BCUT2D eigenvalue weighted by atomic mass is 10.2. The molecular formula is C10H6ClN3O. The third-order valence-electron chi connectivity index (χ3n) is 1.98. The number of hydrogen-bond acceptors (Lipinski definition) is 2. The molecule has 0 bridgehead atoms. The van der Waals surface area contributed by atoms with Gasteiger partial charge in [-0.25, -0.2) is 4.79 Å². The van der Waals surface area contributed by atoms with Crippen LogP contribution in [0.3, 0.4) is 0 Å². The van der Waals surface area contributed by atoms with Crippen LogP contribution in [-0.4, -0.2) is 9.55 Å². The topological polar surface area (TPSA) is 61.6 Å². The van der Waals surface area contributed by atoms with Crippen molar-refractivity contribution < 1.29 is 0 Å². The molecule has 5 heteroatoms. The Morgan fingerprint density at radius 3 is 2.87 bits per heavy atom. The van der Waals surface area contributed by atoms with Gasteiger partial charge in [0.25, 0.3) is 0 Å². The number of benzene rings is 1. The second kappa shape index (κ2) is 3.64. The van der Waals surface area contributed by atoms with Crippen LogP contribution >= 0.6 is 11.6 Å². The summed E-state index contributed by atoms with van der Waals surface area (Å²) in [7, 11) is 0. The van der Waals surface area contributed by atoms with Crippen LogP contribution in [0.5, 0.6) is 0 Å². The van der Waals surface area contributed by atoms with Gasteiger partial charge in [0.15, 0.2) is 0 Å². The molecule has 74 valence electrons. The minimum Gasteiger partial charge on any atom is -0.312 e. The van der Waals surface area contributed by atoms with Crippen LogP contribution in [0.25, 0.3) is 5.69 Å². The van der Waals surface area contributed by atoms with Crippen LogP contribution in [0.4, 0.5) is 0 Å². The molecule has 0 fully saturated rings. The van der Waals surface area contributed by atoms with Gasteiger partial charge >= 0.3 is 5.69 Å². The van der Waals surface area contributed by atoms with Crippen LogP contribution in [0.15, 0.2) is 35.4 Å². The Labute approximate surface area is 90.3 Å². The Kier molecular flexibility index (Phi) is 2.32. The maximum absolute atomic E-state index is 11.3. The lowest BCUT2D eigenvalue weighted by Crippen LogP contribution is -2.14. The van der Waals surface area contributed by atoms with E-state index in [0.717, 1.165) is 0 Å². The van der Waals surface area contributed by atoms with Crippen molar-refractivity contribution in [2.75, 3.05) is 0 Å². The molecule has 0 saturated carbocycles. The van der Waals surface area contributed by atoms with Crippen molar-refractivity contribution in [3.05, 3.63) is 51.7 Å². The lowest BCUT2D eigenvalue weighted by molar-refractivity contribution is 0.987. The third kappa shape index (κ3) is 1.65. The number of imidazole rings is 1. The van der Waals surface area contributed by atoms with Gasteiger partial charge in [-0.1, -0.05) is 11.6 Å². The molecule has 2 rings (SSSR count). The van der Waals surface area contributed by atoms with Crippen molar-refractivity contribution in [1.82, 2.24) is 9.55 Å². The normalized spacial score (nSPS) is 9.87. The van der Waals surface area contributed by atoms with Crippen LogP contribution in [-0.2, 0) is 0 Å².